The van der Waals surface area contributed by atoms with Crippen molar-refractivity contribution in [3.05, 3.63) is 0 Å². The van der Waals surface area contributed by atoms with Crippen molar-refractivity contribution in [2.45, 2.75) is 66.3 Å². The molecule has 0 amide bonds. The standard InChI is InChI=1S/C9H16N2.2C2H6/c1-8-10-6-5-9-4-2-3-7-11(8)9;2*1-2/h9H,2-7H2,1H3;2*1-2H3. The lowest BCUT2D eigenvalue weighted by Gasteiger charge is -2.39. The summed E-state index contributed by atoms with van der Waals surface area (Å²) in [6.07, 6.45) is 5.47. The number of hydrogen-bond acceptors (Lipinski definition) is 2. The molecule has 2 heteroatoms. The van der Waals surface area contributed by atoms with Crippen LogP contribution in [0, 0.1) is 0 Å². The maximum absolute atomic E-state index is 4.46. The van der Waals surface area contributed by atoms with Crippen molar-refractivity contribution < 1.29 is 0 Å². The van der Waals surface area contributed by atoms with Gasteiger partial charge in [-0.05, 0) is 32.6 Å². The lowest BCUT2D eigenvalue weighted by molar-refractivity contribution is 0.219. The third kappa shape index (κ3) is 4.23. The Kier molecular flexibility index (Phi) is 8.44. The molecule has 0 aromatic heterocycles. The van der Waals surface area contributed by atoms with E-state index < -0.39 is 0 Å². The number of rotatable bonds is 0. The second-order valence-corrected chi connectivity index (χ2v) is 3.56. The highest BCUT2D eigenvalue weighted by Gasteiger charge is 2.24. The van der Waals surface area contributed by atoms with Crippen LogP contribution in [-0.4, -0.2) is 29.9 Å². The Morgan fingerprint density at radius 1 is 1.07 bits per heavy atom. The molecule has 90 valence electrons. The van der Waals surface area contributed by atoms with Gasteiger partial charge in [-0.1, -0.05) is 27.7 Å². The highest BCUT2D eigenvalue weighted by Crippen LogP contribution is 2.22. The molecule has 0 bridgehead atoms. The number of piperidine rings is 1. The molecule has 1 fully saturated rings. The van der Waals surface area contributed by atoms with Gasteiger partial charge >= 0.3 is 0 Å². The van der Waals surface area contributed by atoms with Gasteiger partial charge < -0.3 is 4.90 Å². The van der Waals surface area contributed by atoms with E-state index in [0.29, 0.717) is 0 Å². The summed E-state index contributed by atoms with van der Waals surface area (Å²) in [6.45, 7) is 12.5. The van der Waals surface area contributed by atoms with Gasteiger partial charge in [0.15, 0.2) is 0 Å². The first kappa shape index (κ1) is 14.5. The molecule has 0 radical (unpaired) electrons. The Morgan fingerprint density at radius 2 is 1.73 bits per heavy atom. The third-order valence-electron chi connectivity index (χ3n) is 2.85. The fourth-order valence-corrected chi connectivity index (χ4v) is 2.19. The zero-order valence-electron chi connectivity index (χ0n) is 11.2. The van der Waals surface area contributed by atoms with Gasteiger partial charge in [0.05, 0.1) is 5.84 Å². The van der Waals surface area contributed by atoms with E-state index >= 15 is 0 Å². The molecule has 0 aromatic rings. The Bertz CT molecular complexity index is 175. The first-order valence-electron chi connectivity index (χ1n) is 6.65. The Balaban J connectivity index is 0.000000442. The van der Waals surface area contributed by atoms with E-state index in [2.05, 4.69) is 16.8 Å². The van der Waals surface area contributed by atoms with Gasteiger partial charge in [-0.25, -0.2) is 0 Å². The normalized spacial score (nSPS) is 23.7. The molecule has 0 saturated carbocycles. The van der Waals surface area contributed by atoms with Crippen LogP contribution in [0.5, 0.6) is 0 Å². The van der Waals surface area contributed by atoms with E-state index in [1.54, 1.807) is 0 Å². The van der Waals surface area contributed by atoms with Crippen molar-refractivity contribution in [3.8, 4) is 0 Å². The monoisotopic (exact) mass is 212 g/mol. The molecular formula is C13H28N2. The molecule has 1 unspecified atom stereocenters. The quantitative estimate of drug-likeness (QED) is 0.597. The fraction of sp³-hybridized carbons (Fsp3) is 0.923. The van der Waals surface area contributed by atoms with Crippen LogP contribution in [0.3, 0.4) is 0 Å². The summed E-state index contributed by atoms with van der Waals surface area (Å²) < 4.78 is 0. The lowest BCUT2D eigenvalue weighted by Crippen LogP contribution is -2.45. The maximum Gasteiger partial charge on any atom is 0.0960 e. The second kappa shape index (κ2) is 8.75. The molecule has 2 aliphatic rings. The smallest absolute Gasteiger partial charge is 0.0960 e. The van der Waals surface area contributed by atoms with E-state index in [-0.39, 0.29) is 0 Å². The first-order valence-corrected chi connectivity index (χ1v) is 6.65. The summed E-state index contributed by atoms with van der Waals surface area (Å²) in [5.41, 5.74) is 0. The van der Waals surface area contributed by atoms with Crippen LogP contribution in [0.1, 0.15) is 60.3 Å². The number of nitrogens with zero attached hydrogens (tertiary/aromatic N) is 2. The summed E-state index contributed by atoms with van der Waals surface area (Å²) in [5.74, 6) is 1.28. The van der Waals surface area contributed by atoms with Crippen LogP contribution in [0.4, 0.5) is 0 Å². The van der Waals surface area contributed by atoms with Crippen LogP contribution in [0.25, 0.3) is 0 Å². The topological polar surface area (TPSA) is 15.6 Å². The summed E-state index contributed by atoms with van der Waals surface area (Å²) in [4.78, 5) is 6.95. The zero-order valence-corrected chi connectivity index (χ0v) is 11.2. The van der Waals surface area contributed by atoms with Crippen molar-refractivity contribution in [3.63, 3.8) is 0 Å². The molecule has 2 rings (SSSR count). The van der Waals surface area contributed by atoms with Crippen LogP contribution >= 0.6 is 0 Å². The molecule has 0 aromatic carbocycles. The molecule has 2 aliphatic heterocycles. The molecule has 0 spiro atoms. The van der Waals surface area contributed by atoms with Crippen LogP contribution in [0.2, 0.25) is 0 Å². The van der Waals surface area contributed by atoms with Crippen molar-refractivity contribution in [1.82, 2.24) is 4.90 Å². The van der Waals surface area contributed by atoms with E-state index in [4.69, 9.17) is 0 Å². The van der Waals surface area contributed by atoms with Gasteiger partial charge in [0.1, 0.15) is 0 Å². The predicted molar refractivity (Wildman–Crippen MR) is 69.6 cm³/mol. The lowest BCUT2D eigenvalue weighted by atomic mass is 9.98. The number of fused-ring (bicyclic) bond motifs is 1. The van der Waals surface area contributed by atoms with Gasteiger partial charge in [-0.15, -0.1) is 0 Å². The highest BCUT2D eigenvalue weighted by molar-refractivity contribution is 5.80. The average molecular weight is 212 g/mol. The highest BCUT2D eigenvalue weighted by atomic mass is 15.2. The third-order valence-corrected chi connectivity index (χ3v) is 2.85. The number of hydrogen-bond donors (Lipinski definition) is 0. The zero-order chi connectivity index (χ0) is 11.7. The Morgan fingerprint density at radius 3 is 2.33 bits per heavy atom. The van der Waals surface area contributed by atoms with Crippen LogP contribution in [0.15, 0.2) is 4.99 Å². The molecule has 1 atom stereocenters. The Hall–Kier alpha value is -0.530. The molecule has 2 nitrogen and oxygen atoms in total. The second-order valence-electron chi connectivity index (χ2n) is 3.56. The van der Waals surface area contributed by atoms with E-state index in [1.165, 1.54) is 38.1 Å². The van der Waals surface area contributed by atoms with E-state index in [9.17, 15) is 0 Å². The molecule has 2 heterocycles. The SMILES string of the molecule is CC.CC.CC1=NCCC2CCCCN12. The van der Waals surface area contributed by atoms with Gasteiger partial charge in [0.25, 0.3) is 0 Å². The van der Waals surface area contributed by atoms with Gasteiger partial charge in [-0.2, -0.15) is 0 Å². The minimum atomic E-state index is 0.834. The van der Waals surface area contributed by atoms with Gasteiger partial charge in [-0.3, -0.25) is 4.99 Å². The first-order chi connectivity index (χ1) is 7.38. The number of amidine groups is 1. The summed E-state index contributed by atoms with van der Waals surface area (Å²) >= 11 is 0. The molecular weight excluding hydrogens is 184 g/mol. The fourth-order valence-electron chi connectivity index (χ4n) is 2.19. The molecule has 0 aliphatic carbocycles. The number of aliphatic imine (C=N–C) groups is 1. The van der Waals surface area contributed by atoms with Crippen molar-refractivity contribution in [2.24, 2.45) is 4.99 Å². The Labute approximate surface area is 95.8 Å². The average Bonchev–Trinajstić information content (AvgIpc) is 2.35. The van der Waals surface area contributed by atoms with Crippen LogP contribution in [-0.2, 0) is 0 Å². The minimum absolute atomic E-state index is 0.834. The molecule has 1 saturated heterocycles. The maximum atomic E-state index is 4.46. The van der Waals surface area contributed by atoms with E-state index in [1.807, 2.05) is 27.7 Å². The van der Waals surface area contributed by atoms with Crippen molar-refractivity contribution >= 4 is 5.84 Å². The molecule has 0 N–H and O–H groups in total. The summed E-state index contributed by atoms with van der Waals surface area (Å²) in [6, 6.07) is 0.834. The minimum Gasteiger partial charge on any atom is -0.358 e. The van der Waals surface area contributed by atoms with Crippen LogP contribution < -0.4 is 0 Å². The summed E-state index contributed by atoms with van der Waals surface area (Å²) in [5, 5.41) is 0. The van der Waals surface area contributed by atoms with Gasteiger partial charge in [0, 0.05) is 19.1 Å². The van der Waals surface area contributed by atoms with Crippen molar-refractivity contribution in [1.29, 1.82) is 0 Å². The van der Waals surface area contributed by atoms with E-state index in [0.717, 1.165) is 12.6 Å². The van der Waals surface area contributed by atoms with Gasteiger partial charge in [0.2, 0.25) is 0 Å². The van der Waals surface area contributed by atoms with Crippen molar-refractivity contribution in [2.75, 3.05) is 13.1 Å². The predicted octanol–water partition coefficient (Wildman–Crippen LogP) is 3.72. The molecule has 15 heavy (non-hydrogen) atoms. The summed E-state index contributed by atoms with van der Waals surface area (Å²) in [7, 11) is 0. The largest absolute Gasteiger partial charge is 0.358 e.